The number of hydrogen-bond acceptors (Lipinski definition) is 4. The summed E-state index contributed by atoms with van der Waals surface area (Å²) in [6, 6.07) is 0. The van der Waals surface area contributed by atoms with Crippen molar-refractivity contribution in [1.29, 1.82) is 0 Å². The normalized spacial score (nSPS) is 13.2. The summed E-state index contributed by atoms with van der Waals surface area (Å²) in [7, 11) is 0. The lowest BCUT2D eigenvalue weighted by Gasteiger charge is -2.15. The van der Waals surface area contributed by atoms with Crippen molar-refractivity contribution in [2.45, 2.75) is 142 Å². The van der Waals surface area contributed by atoms with Gasteiger partial charge in [0, 0.05) is 13.0 Å². The fraction of sp³-hybridized carbons (Fsp3) is 0.694. The Morgan fingerprint density at radius 3 is 1.70 bits per heavy atom. The van der Waals surface area contributed by atoms with E-state index in [9.17, 15) is 9.90 Å². The zero-order chi connectivity index (χ0) is 29.2. The van der Waals surface area contributed by atoms with Crippen LogP contribution in [0.1, 0.15) is 136 Å². The van der Waals surface area contributed by atoms with Gasteiger partial charge in [0.25, 0.3) is 0 Å². The lowest BCUT2D eigenvalue weighted by molar-refractivity contribution is -0.154. The van der Waals surface area contributed by atoms with Gasteiger partial charge in [-0.3, -0.25) is 4.79 Å². The third-order valence-electron chi connectivity index (χ3n) is 6.59. The van der Waals surface area contributed by atoms with Crippen LogP contribution in [0.15, 0.2) is 60.8 Å². The van der Waals surface area contributed by atoms with Gasteiger partial charge in [0.2, 0.25) is 0 Å². The maximum atomic E-state index is 12.0. The lowest BCUT2D eigenvalue weighted by Crippen LogP contribution is -2.27. The number of aliphatic hydroxyl groups is 1. The minimum absolute atomic E-state index is 0.205. The molecule has 0 heterocycles. The highest BCUT2D eigenvalue weighted by atomic mass is 16.6. The van der Waals surface area contributed by atoms with Crippen molar-refractivity contribution >= 4 is 5.97 Å². The molecule has 0 spiro atoms. The van der Waals surface area contributed by atoms with E-state index in [4.69, 9.17) is 9.47 Å². The molecule has 0 radical (unpaired) electrons. The Morgan fingerprint density at radius 1 is 0.625 bits per heavy atom. The first-order valence-electron chi connectivity index (χ1n) is 16.4. The Bertz CT molecular complexity index is 674. The highest BCUT2D eigenvalue weighted by Crippen LogP contribution is 2.10. The van der Waals surface area contributed by atoms with Crippen molar-refractivity contribution in [3.8, 4) is 0 Å². The molecule has 0 saturated heterocycles. The predicted molar refractivity (Wildman–Crippen MR) is 173 cm³/mol. The second-order valence-corrected chi connectivity index (χ2v) is 10.5. The van der Waals surface area contributed by atoms with E-state index in [2.05, 4.69) is 68.5 Å². The third-order valence-corrected chi connectivity index (χ3v) is 6.59. The Labute approximate surface area is 247 Å². The molecule has 4 heteroatoms. The smallest absolute Gasteiger partial charge is 0.306 e. The number of carbonyl (C=O) groups excluding carboxylic acids is 1. The summed E-state index contributed by atoms with van der Waals surface area (Å²) in [5.41, 5.74) is 0. The topological polar surface area (TPSA) is 55.8 Å². The summed E-state index contributed by atoms with van der Waals surface area (Å²) < 4.78 is 11.0. The van der Waals surface area contributed by atoms with E-state index < -0.39 is 6.10 Å². The van der Waals surface area contributed by atoms with Gasteiger partial charge in [0.15, 0.2) is 0 Å². The Balaban J connectivity index is 3.59. The van der Waals surface area contributed by atoms with Crippen LogP contribution in [0.4, 0.5) is 0 Å². The zero-order valence-corrected chi connectivity index (χ0v) is 26.1. The minimum Gasteiger partial charge on any atom is -0.457 e. The Kier molecular flexibility index (Phi) is 31.7. The van der Waals surface area contributed by atoms with Crippen LogP contribution >= 0.6 is 0 Å². The molecule has 1 unspecified atom stereocenters. The molecule has 0 aromatic rings. The predicted octanol–water partition coefficient (Wildman–Crippen LogP) is 10.1. The van der Waals surface area contributed by atoms with Crippen LogP contribution < -0.4 is 0 Å². The molecule has 0 bridgehead atoms. The number of hydrogen-bond donors (Lipinski definition) is 1. The number of unbranched alkanes of at least 4 members (excludes halogenated alkanes) is 11. The van der Waals surface area contributed by atoms with Crippen LogP contribution in [-0.2, 0) is 14.3 Å². The van der Waals surface area contributed by atoms with E-state index in [0.717, 1.165) is 38.5 Å². The minimum atomic E-state index is -0.575. The van der Waals surface area contributed by atoms with Crippen molar-refractivity contribution in [2.24, 2.45) is 0 Å². The largest absolute Gasteiger partial charge is 0.457 e. The molecule has 0 aromatic heterocycles. The van der Waals surface area contributed by atoms with Crippen LogP contribution in [0.3, 0.4) is 0 Å². The molecule has 0 aliphatic rings. The lowest BCUT2D eigenvalue weighted by atomic mass is 10.1. The van der Waals surface area contributed by atoms with Gasteiger partial charge in [-0.05, 0) is 64.2 Å². The van der Waals surface area contributed by atoms with E-state index in [1.165, 1.54) is 70.6 Å². The fourth-order valence-corrected chi connectivity index (χ4v) is 4.16. The maximum Gasteiger partial charge on any atom is 0.306 e. The van der Waals surface area contributed by atoms with Gasteiger partial charge in [-0.2, -0.15) is 0 Å². The Hall–Kier alpha value is -1.91. The zero-order valence-electron chi connectivity index (χ0n) is 26.1. The number of allylic oxidation sites excluding steroid dienone is 10. The number of rotatable bonds is 29. The number of aliphatic hydroxyl groups excluding tert-OH is 1. The van der Waals surface area contributed by atoms with E-state index in [1.807, 2.05) is 6.08 Å². The van der Waals surface area contributed by atoms with Gasteiger partial charge in [-0.15, -0.1) is 0 Å². The molecule has 0 amide bonds. The number of esters is 1. The molecule has 230 valence electrons. The van der Waals surface area contributed by atoms with E-state index >= 15 is 0 Å². The molecule has 0 fully saturated rings. The van der Waals surface area contributed by atoms with E-state index in [0.29, 0.717) is 19.4 Å². The summed E-state index contributed by atoms with van der Waals surface area (Å²) in [5.74, 6) is -0.285. The van der Waals surface area contributed by atoms with Gasteiger partial charge in [0.05, 0.1) is 13.2 Å². The van der Waals surface area contributed by atoms with Crippen LogP contribution in [-0.4, -0.2) is 37.0 Å². The molecule has 1 N–H and O–H groups in total. The van der Waals surface area contributed by atoms with Gasteiger partial charge in [-0.25, -0.2) is 0 Å². The first-order chi connectivity index (χ1) is 19.7. The second-order valence-electron chi connectivity index (χ2n) is 10.5. The van der Waals surface area contributed by atoms with Gasteiger partial charge < -0.3 is 14.6 Å². The molecule has 0 aromatic carbocycles. The van der Waals surface area contributed by atoms with Crippen molar-refractivity contribution in [3.05, 3.63) is 60.8 Å². The quantitative estimate of drug-likeness (QED) is 0.0564. The van der Waals surface area contributed by atoms with Crippen molar-refractivity contribution < 1.29 is 19.4 Å². The van der Waals surface area contributed by atoms with Gasteiger partial charge in [-0.1, -0.05) is 126 Å². The van der Waals surface area contributed by atoms with Crippen LogP contribution in [0.2, 0.25) is 0 Å². The first-order valence-corrected chi connectivity index (χ1v) is 16.4. The third kappa shape index (κ3) is 30.6. The van der Waals surface area contributed by atoms with Crippen LogP contribution in [0, 0.1) is 0 Å². The number of carbonyl (C=O) groups is 1. The average Bonchev–Trinajstić information content (AvgIpc) is 2.96. The highest BCUT2D eigenvalue weighted by molar-refractivity contribution is 5.69. The summed E-state index contributed by atoms with van der Waals surface area (Å²) >= 11 is 0. The first kappa shape index (κ1) is 38.1. The van der Waals surface area contributed by atoms with Crippen molar-refractivity contribution in [3.63, 3.8) is 0 Å². The molecule has 0 saturated carbocycles. The van der Waals surface area contributed by atoms with Gasteiger partial charge in [0.1, 0.15) is 6.10 Å². The van der Waals surface area contributed by atoms with E-state index in [1.54, 1.807) is 0 Å². The summed E-state index contributed by atoms with van der Waals surface area (Å²) in [6.07, 6.45) is 42.6. The summed E-state index contributed by atoms with van der Waals surface area (Å²) in [6.45, 7) is 5.11. The maximum absolute atomic E-state index is 12.0. The highest BCUT2D eigenvalue weighted by Gasteiger charge is 2.13. The number of ether oxygens (including phenoxy) is 2. The van der Waals surface area contributed by atoms with Gasteiger partial charge >= 0.3 is 5.97 Å². The SMILES string of the molecule is CC/C=C\C/C=C\C/C=C\C/C=C\CCC(=O)OC(CO)COCCCCCCCC/C=C\CCCCCCC. The molecule has 0 aliphatic heterocycles. The van der Waals surface area contributed by atoms with Crippen LogP contribution in [0.25, 0.3) is 0 Å². The molecule has 40 heavy (non-hydrogen) atoms. The second kappa shape index (κ2) is 33.3. The Morgan fingerprint density at radius 2 is 1.12 bits per heavy atom. The molecule has 4 nitrogen and oxygen atoms in total. The van der Waals surface area contributed by atoms with Crippen molar-refractivity contribution in [2.75, 3.05) is 19.8 Å². The molecule has 0 rings (SSSR count). The van der Waals surface area contributed by atoms with Crippen molar-refractivity contribution in [1.82, 2.24) is 0 Å². The van der Waals surface area contributed by atoms with E-state index in [-0.39, 0.29) is 19.2 Å². The summed E-state index contributed by atoms with van der Waals surface area (Å²) in [4.78, 5) is 12.0. The summed E-state index contributed by atoms with van der Waals surface area (Å²) in [5, 5.41) is 9.50. The standard InChI is InChI=1S/C36H62O4/c1-3-5-7-9-11-13-15-17-18-20-22-24-26-28-30-32-39-34-35(33-37)40-36(38)31-29-27-25-23-21-19-16-14-12-10-8-6-4-2/h6,8,12,14-15,17,19,21,25,27,35,37H,3-5,7,9-11,13,16,18,20,22-24,26,28-34H2,1-2H3/b8-6-,14-12-,17-15-,21-19-,27-25-. The van der Waals surface area contributed by atoms with Crippen LogP contribution in [0.5, 0.6) is 0 Å². The molecular weight excluding hydrogens is 496 g/mol. The monoisotopic (exact) mass is 558 g/mol. The molecule has 0 aliphatic carbocycles. The molecular formula is C36H62O4. The average molecular weight is 559 g/mol. The molecule has 1 atom stereocenters. The fourth-order valence-electron chi connectivity index (χ4n) is 4.16.